The smallest absolute Gasteiger partial charge is 0.336 e. The fourth-order valence-corrected chi connectivity index (χ4v) is 4.94. The molecule has 3 heterocycles. The van der Waals surface area contributed by atoms with E-state index in [9.17, 15) is 4.79 Å². The molecule has 0 bridgehead atoms. The molecule has 1 aromatic rings. The molecular formula is C27H39N5O4. The molecule has 0 spiro atoms. The minimum atomic E-state index is -0.570. The van der Waals surface area contributed by atoms with Gasteiger partial charge in [0.25, 0.3) is 0 Å². The van der Waals surface area contributed by atoms with Crippen molar-refractivity contribution in [3.63, 3.8) is 0 Å². The summed E-state index contributed by atoms with van der Waals surface area (Å²) >= 11 is 0. The number of nitrogens with zero attached hydrogens (tertiary/aromatic N) is 4. The maximum atomic E-state index is 11.6. The average Bonchev–Trinajstić information content (AvgIpc) is 2.85. The van der Waals surface area contributed by atoms with Crippen molar-refractivity contribution in [1.82, 2.24) is 15.1 Å². The Morgan fingerprint density at radius 2 is 2.06 bits per heavy atom. The van der Waals surface area contributed by atoms with Gasteiger partial charge in [-0.2, -0.15) is 0 Å². The second kappa shape index (κ2) is 11.5. The Bertz CT molecular complexity index is 1160. The first-order valence-electron chi connectivity index (χ1n) is 12.8. The topological polar surface area (TPSA) is 91.9 Å². The summed E-state index contributed by atoms with van der Waals surface area (Å²) in [6, 6.07) is 3.24. The quantitative estimate of drug-likeness (QED) is 0.319. The molecule has 9 heteroatoms. The fourth-order valence-electron chi connectivity index (χ4n) is 4.94. The SMILES string of the molecule is C=N/C(=C\C(=N/C)OC1CC2C=c3ccc(=O)oc3=CC2OC1(C)C)NCCCN1CCN(C)CC1. The summed E-state index contributed by atoms with van der Waals surface area (Å²) in [5.41, 5.74) is -0.360. The summed E-state index contributed by atoms with van der Waals surface area (Å²) in [4.78, 5) is 25.0. The van der Waals surface area contributed by atoms with Gasteiger partial charge in [0.2, 0.25) is 5.90 Å². The summed E-state index contributed by atoms with van der Waals surface area (Å²) in [5, 5.41) is 4.26. The number of rotatable bonds is 8. The van der Waals surface area contributed by atoms with E-state index in [1.165, 1.54) is 6.07 Å². The first kappa shape index (κ1) is 26.3. The minimum Gasteiger partial charge on any atom is -0.471 e. The molecule has 3 aliphatic rings. The molecule has 196 valence electrons. The highest BCUT2D eigenvalue weighted by molar-refractivity contribution is 5.88. The average molecular weight is 498 g/mol. The zero-order valence-electron chi connectivity index (χ0n) is 21.9. The van der Waals surface area contributed by atoms with Crippen LogP contribution in [0.3, 0.4) is 0 Å². The van der Waals surface area contributed by atoms with Gasteiger partial charge in [0, 0.05) is 63.1 Å². The van der Waals surface area contributed by atoms with E-state index >= 15 is 0 Å². The van der Waals surface area contributed by atoms with Gasteiger partial charge in [-0.1, -0.05) is 6.08 Å². The monoisotopic (exact) mass is 497 g/mol. The van der Waals surface area contributed by atoms with Gasteiger partial charge in [0.15, 0.2) is 0 Å². The van der Waals surface area contributed by atoms with E-state index in [1.807, 2.05) is 19.9 Å². The Kier molecular flexibility index (Phi) is 8.43. The number of fused-ring (bicyclic) bond motifs is 2. The molecule has 0 radical (unpaired) electrons. The van der Waals surface area contributed by atoms with Crippen LogP contribution in [-0.4, -0.2) is 93.6 Å². The van der Waals surface area contributed by atoms with E-state index < -0.39 is 5.60 Å². The van der Waals surface area contributed by atoms with Crippen molar-refractivity contribution >= 4 is 24.8 Å². The van der Waals surface area contributed by atoms with Crippen LogP contribution in [0.5, 0.6) is 0 Å². The molecule has 4 rings (SSSR count). The van der Waals surface area contributed by atoms with E-state index in [4.69, 9.17) is 13.9 Å². The van der Waals surface area contributed by atoms with Crippen LogP contribution in [0.4, 0.5) is 0 Å². The Hall–Kier alpha value is -2.75. The summed E-state index contributed by atoms with van der Waals surface area (Å²) in [6.45, 7) is 14.1. The second-order valence-corrected chi connectivity index (χ2v) is 10.3. The van der Waals surface area contributed by atoms with Crippen molar-refractivity contribution in [3.05, 3.63) is 45.1 Å². The molecule has 2 saturated heterocycles. The van der Waals surface area contributed by atoms with E-state index in [-0.39, 0.29) is 23.8 Å². The van der Waals surface area contributed by atoms with E-state index in [0.29, 0.717) is 17.1 Å². The third-order valence-corrected chi connectivity index (χ3v) is 7.19. The van der Waals surface area contributed by atoms with Crippen LogP contribution in [0, 0.1) is 5.92 Å². The third kappa shape index (κ3) is 6.52. The molecule has 0 aromatic carbocycles. The van der Waals surface area contributed by atoms with Gasteiger partial charge in [-0.3, -0.25) is 4.99 Å². The number of ether oxygens (including phenoxy) is 2. The highest BCUT2D eigenvalue weighted by atomic mass is 16.6. The largest absolute Gasteiger partial charge is 0.471 e. The molecule has 1 aliphatic carbocycles. The highest BCUT2D eigenvalue weighted by Crippen LogP contribution is 2.36. The first-order valence-corrected chi connectivity index (χ1v) is 12.8. The number of piperazine rings is 1. The van der Waals surface area contributed by atoms with Crippen LogP contribution >= 0.6 is 0 Å². The molecule has 2 aliphatic heterocycles. The van der Waals surface area contributed by atoms with Crippen molar-refractivity contribution in [2.75, 3.05) is 53.4 Å². The molecule has 1 N–H and O–H groups in total. The number of aliphatic imine (C=N–C) groups is 2. The normalized spacial score (nSPS) is 26.7. The van der Waals surface area contributed by atoms with Crippen LogP contribution in [0.15, 0.2) is 43.2 Å². The molecule has 2 fully saturated rings. The van der Waals surface area contributed by atoms with E-state index in [2.05, 4.69) is 44.9 Å². The number of hydrogen-bond acceptors (Lipinski definition) is 9. The lowest BCUT2D eigenvalue weighted by Gasteiger charge is -2.45. The zero-order chi connectivity index (χ0) is 25.7. The lowest BCUT2D eigenvalue weighted by molar-refractivity contribution is -0.159. The molecule has 9 nitrogen and oxygen atoms in total. The Balaban J connectivity index is 1.35. The second-order valence-electron chi connectivity index (χ2n) is 10.3. The van der Waals surface area contributed by atoms with Gasteiger partial charge < -0.3 is 29.0 Å². The van der Waals surface area contributed by atoms with Gasteiger partial charge in [-0.05, 0) is 59.1 Å². The zero-order valence-corrected chi connectivity index (χ0v) is 21.9. The lowest BCUT2D eigenvalue weighted by Crippen LogP contribution is -2.53. The predicted octanol–water partition coefficient (Wildman–Crippen LogP) is 0.581. The maximum absolute atomic E-state index is 11.6. The fraction of sp³-hybridized carbons (Fsp3) is 0.593. The van der Waals surface area contributed by atoms with Crippen LogP contribution in [0.25, 0.3) is 12.2 Å². The molecule has 3 atom stereocenters. The summed E-state index contributed by atoms with van der Waals surface area (Å²) in [7, 11) is 3.88. The Morgan fingerprint density at radius 1 is 1.28 bits per heavy atom. The third-order valence-electron chi connectivity index (χ3n) is 7.19. The van der Waals surface area contributed by atoms with Crippen molar-refractivity contribution in [1.29, 1.82) is 0 Å². The standard InChI is InChI=1S/C27H39N5O4/c1-27(2)23(16-20-15-19-7-8-26(33)34-21(19)17-22(20)36-27)35-25(29-4)18-24(28-3)30-9-6-10-32-13-11-31(5)12-14-32/h7-8,15,17-18,20,22-23,30H,3,6,9-14,16H2,1-2,4-5H3/b24-18+,29-25+. The van der Waals surface area contributed by atoms with Crippen molar-refractivity contribution < 1.29 is 13.9 Å². The van der Waals surface area contributed by atoms with Crippen LogP contribution in [0.1, 0.15) is 26.7 Å². The van der Waals surface area contributed by atoms with Crippen molar-refractivity contribution in [2.45, 2.75) is 44.5 Å². The lowest BCUT2D eigenvalue weighted by atomic mass is 9.82. The summed E-state index contributed by atoms with van der Waals surface area (Å²) in [6.07, 6.45) is 7.17. The van der Waals surface area contributed by atoms with Gasteiger partial charge in [0.05, 0.1) is 6.10 Å². The molecular weight excluding hydrogens is 458 g/mol. The predicted molar refractivity (Wildman–Crippen MR) is 143 cm³/mol. The summed E-state index contributed by atoms with van der Waals surface area (Å²) in [5.74, 6) is 1.23. The van der Waals surface area contributed by atoms with Gasteiger partial charge in [-0.15, -0.1) is 0 Å². The number of nitrogens with one attached hydrogen (secondary N) is 1. The van der Waals surface area contributed by atoms with Gasteiger partial charge in [0.1, 0.15) is 22.9 Å². The summed E-state index contributed by atoms with van der Waals surface area (Å²) < 4.78 is 18.1. The Labute approximate surface area is 212 Å². The van der Waals surface area contributed by atoms with E-state index in [0.717, 1.165) is 57.3 Å². The van der Waals surface area contributed by atoms with Gasteiger partial charge in [-0.25, -0.2) is 9.79 Å². The molecule has 1 aromatic heterocycles. The maximum Gasteiger partial charge on any atom is 0.336 e. The van der Waals surface area contributed by atoms with Crippen LogP contribution in [0.2, 0.25) is 0 Å². The highest BCUT2D eigenvalue weighted by Gasteiger charge is 2.44. The van der Waals surface area contributed by atoms with Crippen LogP contribution < -0.4 is 21.6 Å². The minimum absolute atomic E-state index is 0.106. The van der Waals surface area contributed by atoms with Crippen molar-refractivity contribution in [2.24, 2.45) is 15.9 Å². The van der Waals surface area contributed by atoms with Crippen molar-refractivity contribution in [3.8, 4) is 0 Å². The van der Waals surface area contributed by atoms with Crippen LogP contribution in [-0.2, 0) is 9.47 Å². The Morgan fingerprint density at radius 3 is 2.78 bits per heavy atom. The first-order chi connectivity index (χ1) is 17.3. The van der Waals surface area contributed by atoms with E-state index in [1.54, 1.807) is 19.2 Å². The molecule has 0 saturated carbocycles. The number of likely N-dealkylation sites (N-methyl/N-ethyl adjacent to an activating group) is 1. The molecule has 0 amide bonds. The number of hydrogen-bond donors (Lipinski definition) is 1. The molecule has 36 heavy (non-hydrogen) atoms. The molecule has 3 unspecified atom stereocenters. The van der Waals surface area contributed by atoms with Gasteiger partial charge >= 0.3 is 5.63 Å².